The summed E-state index contributed by atoms with van der Waals surface area (Å²) >= 11 is 0. The number of rotatable bonds is 5. The van der Waals surface area contributed by atoms with E-state index >= 15 is 0 Å². The molecule has 0 saturated carbocycles. The Morgan fingerprint density at radius 2 is 1.79 bits per heavy atom. The van der Waals surface area contributed by atoms with Crippen LogP contribution in [-0.4, -0.2) is 17.8 Å². The molecule has 14 heavy (non-hydrogen) atoms. The van der Waals surface area contributed by atoms with Crippen molar-refractivity contribution in [2.24, 2.45) is 0 Å². The number of hydrogen-bond donors (Lipinski definition) is 0. The van der Waals surface area contributed by atoms with Crippen LogP contribution in [0.5, 0.6) is 0 Å². The number of nitrogens with zero attached hydrogens (tertiary/aromatic N) is 1. The number of allylic oxidation sites excluding steroid dienone is 6. The molecule has 1 nitrogen and oxygen atoms in total. The van der Waals surface area contributed by atoms with Crippen LogP contribution in [0.15, 0.2) is 61.4 Å². The van der Waals surface area contributed by atoms with E-state index in [-0.39, 0.29) is 0 Å². The first-order valence-corrected chi connectivity index (χ1v) is 4.48. The normalized spacial score (nSPS) is 13.7. The third kappa shape index (κ3) is 3.85. The quantitative estimate of drug-likeness (QED) is 0.354. The molecule has 0 spiro atoms. The van der Waals surface area contributed by atoms with Gasteiger partial charge in [-0.2, -0.15) is 0 Å². The highest BCUT2D eigenvalue weighted by Gasteiger charge is 2.05. The van der Waals surface area contributed by atoms with Crippen LogP contribution in [0, 0.1) is 0 Å². The molecule has 0 saturated heterocycles. The zero-order valence-electron chi connectivity index (χ0n) is 9.03. The van der Waals surface area contributed by atoms with Crippen molar-refractivity contribution in [2.45, 2.75) is 6.92 Å². The Hall–Kier alpha value is -1.63. The molecule has 0 amide bonds. The van der Waals surface area contributed by atoms with E-state index in [4.69, 9.17) is 0 Å². The van der Waals surface area contributed by atoms with Gasteiger partial charge in [-0.15, -0.1) is 0 Å². The zero-order chi connectivity index (χ0) is 11.0. The minimum Gasteiger partial charge on any atom is -0.201 e. The fraction of sp³-hybridized carbons (Fsp3) is 0.154. The molecule has 0 aliphatic heterocycles. The first-order chi connectivity index (χ1) is 6.67. The second-order valence-electron chi connectivity index (χ2n) is 2.86. The van der Waals surface area contributed by atoms with E-state index in [2.05, 4.69) is 19.7 Å². The van der Waals surface area contributed by atoms with E-state index in [0.29, 0.717) is 0 Å². The molecule has 0 atom stereocenters. The van der Waals surface area contributed by atoms with Crippen molar-refractivity contribution in [3.63, 3.8) is 0 Å². The van der Waals surface area contributed by atoms with Gasteiger partial charge in [-0.3, -0.25) is 0 Å². The minimum absolute atomic E-state index is 1.08. The van der Waals surface area contributed by atoms with E-state index < -0.39 is 0 Å². The highest BCUT2D eigenvalue weighted by Crippen LogP contribution is 2.07. The smallest absolute Gasteiger partial charge is 0.201 e. The van der Waals surface area contributed by atoms with Gasteiger partial charge in [0.15, 0.2) is 6.21 Å². The van der Waals surface area contributed by atoms with Gasteiger partial charge in [0.1, 0.15) is 7.05 Å². The molecule has 0 aromatic heterocycles. The maximum atomic E-state index is 3.75. The Morgan fingerprint density at radius 1 is 1.14 bits per heavy atom. The summed E-state index contributed by atoms with van der Waals surface area (Å²) < 4.78 is 1.99. The Balaban J connectivity index is 5.20. The van der Waals surface area contributed by atoms with Crippen LogP contribution in [0.2, 0.25) is 0 Å². The molecule has 0 N–H and O–H groups in total. The second-order valence-corrected chi connectivity index (χ2v) is 2.86. The molecule has 0 aliphatic rings. The Kier molecular flexibility index (Phi) is 6.04. The van der Waals surface area contributed by atoms with Crippen molar-refractivity contribution in [2.75, 3.05) is 7.05 Å². The van der Waals surface area contributed by atoms with Gasteiger partial charge in [-0.25, -0.2) is 4.58 Å². The predicted molar refractivity (Wildman–Crippen MR) is 64.7 cm³/mol. The standard InChI is InChI=1S/C13H18N/c1-6-9-10-13(12(4)8-3)14(5)11-7-2/h6-11H,1-3H2,4-5H3/q+1/b10-9-,13-12+,14-11?. The zero-order valence-corrected chi connectivity index (χ0v) is 9.03. The molecule has 0 fully saturated rings. The maximum absolute atomic E-state index is 3.75. The highest BCUT2D eigenvalue weighted by molar-refractivity contribution is 5.65. The molecule has 0 rings (SSSR count). The average molecular weight is 188 g/mol. The van der Waals surface area contributed by atoms with Crippen LogP contribution < -0.4 is 0 Å². The number of likely N-dealkylation sites (N-methyl/N-ethyl adjacent to an activating group) is 1. The van der Waals surface area contributed by atoms with Crippen molar-refractivity contribution < 1.29 is 4.58 Å². The monoisotopic (exact) mass is 188 g/mol. The van der Waals surface area contributed by atoms with Crippen LogP contribution in [0.1, 0.15) is 6.92 Å². The Morgan fingerprint density at radius 3 is 2.21 bits per heavy atom. The summed E-state index contributed by atoms with van der Waals surface area (Å²) in [7, 11) is 1.97. The largest absolute Gasteiger partial charge is 0.207 e. The van der Waals surface area contributed by atoms with Gasteiger partial charge in [0.25, 0.3) is 0 Å². The molecule has 0 unspecified atom stereocenters. The van der Waals surface area contributed by atoms with Crippen molar-refractivity contribution in [1.29, 1.82) is 0 Å². The lowest BCUT2D eigenvalue weighted by atomic mass is 10.2. The van der Waals surface area contributed by atoms with Gasteiger partial charge in [0.05, 0.1) is 0 Å². The van der Waals surface area contributed by atoms with E-state index in [1.165, 1.54) is 0 Å². The van der Waals surface area contributed by atoms with Crippen LogP contribution >= 0.6 is 0 Å². The molecule has 0 aliphatic carbocycles. The Labute approximate surface area is 86.8 Å². The first-order valence-electron chi connectivity index (χ1n) is 4.48. The van der Waals surface area contributed by atoms with Crippen molar-refractivity contribution in [1.82, 2.24) is 0 Å². The molecule has 0 heterocycles. The van der Waals surface area contributed by atoms with E-state index in [0.717, 1.165) is 11.3 Å². The first kappa shape index (κ1) is 12.4. The van der Waals surface area contributed by atoms with Crippen LogP contribution in [0.25, 0.3) is 0 Å². The van der Waals surface area contributed by atoms with Crippen LogP contribution in [0.4, 0.5) is 0 Å². The second kappa shape index (κ2) is 6.84. The van der Waals surface area contributed by atoms with E-state index in [9.17, 15) is 0 Å². The molecular weight excluding hydrogens is 170 g/mol. The summed E-state index contributed by atoms with van der Waals surface area (Å²) in [6.07, 6.45) is 11.1. The third-order valence-electron chi connectivity index (χ3n) is 1.81. The minimum atomic E-state index is 1.08. The van der Waals surface area contributed by atoms with Crippen molar-refractivity contribution in [3.8, 4) is 0 Å². The summed E-state index contributed by atoms with van der Waals surface area (Å²) in [4.78, 5) is 0. The summed E-state index contributed by atoms with van der Waals surface area (Å²) in [5, 5.41) is 0. The van der Waals surface area contributed by atoms with E-state index in [1.807, 2.05) is 43.0 Å². The average Bonchev–Trinajstić information content (AvgIpc) is 2.18. The van der Waals surface area contributed by atoms with E-state index in [1.54, 1.807) is 12.2 Å². The fourth-order valence-corrected chi connectivity index (χ4v) is 1.03. The molecule has 0 radical (unpaired) electrons. The maximum Gasteiger partial charge on any atom is 0.207 e. The summed E-state index contributed by atoms with van der Waals surface area (Å²) in [5.41, 5.74) is 2.20. The molecule has 0 aromatic carbocycles. The topological polar surface area (TPSA) is 3.01 Å². The van der Waals surface area contributed by atoms with Crippen molar-refractivity contribution in [3.05, 3.63) is 61.4 Å². The third-order valence-corrected chi connectivity index (χ3v) is 1.81. The van der Waals surface area contributed by atoms with Crippen LogP contribution in [-0.2, 0) is 0 Å². The summed E-state index contributed by atoms with van der Waals surface area (Å²) in [5.74, 6) is 0. The van der Waals surface area contributed by atoms with Crippen LogP contribution in [0.3, 0.4) is 0 Å². The SMILES string of the molecule is C=CC=[N+](C)C(/C=C\C=C)=C(\C)C=C. The highest BCUT2D eigenvalue weighted by atomic mass is 15.0. The molecule has 1 heteroatoms. The van der Waals surface area contributed by atoms with Gasteiger partial charge >= 0.3 is 0 Å². The fourth-order valence-electron chi connectivity index (χ4n) is 1.03. The lowest BCUT2D eigenvalue weighted by molar-refractivity contribution is -0.433. The van der Waals surface area contributed by atoms with Gasteiger partial charge in [0.2, 0.25) is 5.70 Å². The lowest BCUT2D eigenvalue weighted by Crippen LogP contribution is -2.05. The van der Waals surface area contributed by atoms with Gasteiger partial charge in [-0.05, 0) is 13.0 Å². The predicted octanol–water partition coefficient (Wildman–Crippen LogP) is 3.09. The summed E-state index contributed by atoms with van der Waals surface area (Å²) in [6.45, 7) is 13.1. The molecule has 0 aromatic rings. The van der Waals surface area contributed by atoms with Gasteiger partial charge in [0, 0.05) is 11.6 Å². The van der Waals surface area contributed by atoms with Gasteiger partial charge < -0.3 is 0 Å². The van der Waals surface area contributed by atoms with Gasteiger partial charge in [-0.1, -0.05) is 38.0 Å². The lowest BCUT2D eigenvalue weighted by Gasteiger charge is -1.98. The number of hydrogen-bond acceptors (Lipinski definition) is 0. The summed E-state index contributed by atoms with van der Waals surface area (Å²) in [6, 6.07) is 0. The Bertz CT molecular complexity index is 314. The molecule has 74 valence electrons. The molecule has 0 bridgehead atoms. The molecular formula is C13H18N+. The van der Waals surface area contributed by atoms with Crippen molar-refractivity contribution >= 4 is 6.21 Å².